The van der Waals surface area contributed by atoms with Crippen molar-refractivity contribution in [3.8, 4) is 5.75 Å². The fourth-order valence-electron chi connectivity index (χ4n) is 3.10. The maximum Gasteiger partial charge on any atom is 0.303 e. The molecule has 0 spiro atoms. The van der Waals surface area contributed by atoms with Crippen molar-refractivity contribution < 1.29 is 14.6 Å². The Balaban J connectivity index is 1.93. The summed E-state index contributed by atoms with van der Waals surface area (Å²) in [4.78, 5) is 14.3. The zero-order chi connectivity index (χ0) is 15.9. The Morgan fingerprint density at radius 2 is 2.32 bits per heavy atom. The highest BCUT2D eigenvalue weighted by atomic mass is 32.2. The highest BCUT2D eigenvalue weighted by Gasteiger charge is 2.20. The van der Waals surface area contributed by atoms with E-state index in [-0.39, 0.29) is 6.42 Å². The summed E-state index contributed by atoms with van der Waals surface area (Å²) in [6.45, 7) is 3.00. The number of piperidine rings is 1. The Morgan fingerprint density at radius 1 is 1.50 bits per heavy atom. The first-order valence-corrected chi connectivity index (χ1v) is 9.00. The number of carbonyl (C=O) groups is 1. The minimum atomic E-state index is -0.686. The number of nitrogens with zero attached hydrogens (tertiary/aromatic N) is 1. The van der Waals surface area contributed by atoms with Gasteiger partial charge in [-0.1, -0.05) is 6.07 Å². The lowest BCUT2D eigenvalue weighted by Crippen LogP contribution is -2.35. The summed E-state index contributed by atoms with van der Waals surface area (Å²) in [6.07, 6.45) is 5.44. The summed E-state index contributed by atoms with van der Waals surface area (Å²) in [6, 6.07) is 6.40. The van der Waals surface area contributed by atoms with Crippen molar-refractivity contribution in [3.05, 3.63) is 23.8 Å². The molecule has 1 fully saturated rings. The third-order valence-corrected chi connectivity index (χ3v) is 5.00. The minimum Gasteiger partial charge on any atom is -0.496 e. The predicted molar refractivity (Wildman–Crippen MR) is 89.6 cm³/mol. The molecule has 4 nitrogen and oxygen atoms in total. The van der Waals surface area contributed by atoms with Gasteiger partial charge in [0.15, 0.2) is 0 Å². The molecule has 1 N–H and O–H groups in total. The van der Waals surface area contributed by atoms with Gasteiger partial charge in [0.1, 0.15) is 5.75 Å². The van der Waals surface area contributed by atoms with Gasteiger partial charge >= 0.3 is 5.97 Å². The van der Waals surface area contributed by atoms with E-state index in [0.29, 0.717) is 5.92 Å². The van der Waals surface area contributed by atoms with Crippen molar-refractivity contribution in [1.82, 2.24) is 4.90 Å². The Morgan fingerprint density at radius 3 is 3.00 bits per heavy atom. The highest BCUT2D eigenvalue weighted by molar-refractivity contribution is 7.98. The molecule has 0 radical (unpaired) electrons. The van der Waals surface area contributed by atoms with Crippen LogP contribution in [0, 0.1) is 5.92 Å². The summed E-state index contributed by atoms with van der Waals surface area (Å²) < 4.78 is 5.45. The van der Waals surface area contributed by atoms with Crippen LogP contribution in [0.4, 0.5) is 0 Å². The number of ether oxygens (including phenoxy) is 1. The van der Waals surface area contributed by atoms with Crippen LogP contribution in [0.5, 0.6) is 5.75 Å². The second kappa shape index (κ2) is 8.44. The lowest BCUT2D eigenvalue weighted by Gasteiger charge is -2.32. The van der Waals surface area contributed by atoms with Crippen LogP contribution < -0.4 is 4.74 Å². The Labute approximate surface area is 136 Å². The number of aliphatic carboxylic acids is 1. The molecule has 1 aliphatic heterocycles. The normalized spacial score (nSPS) is 19.1. The number of hydrogen-bond donors (Lipinski definition) is 1. The Bertz CT molecular complexity index is 507. The maximum atomic E-state index is 10.7. The molecular weight excluding hydrogens is 298 g/mol. The van der Waals surface area contributed by atoms with Crippen LogP contribution in [0.3, 0.4) is 0 Å². The van der Waals surface area contributed by atoms with E-state index in [2.05, 4.69) is 29.4 Å². The smallest absolute Gasteiger partial charge is 0.303 e. The predicted octanol–water partition coefficient (Wildman–Crippen LogP) is 3.49. The standard InChI is InChI=1S/C17H25NO3S/c1-21-15-10-14(5-7-16(15)22-2)12-18-9-3-4-13(11-18)6-8-17(19)20/h5,7,10,13H,3-4,6,8-9,11-12H2,1-2H3,(H,19,20). The second-order valence-corrected chi connectivity index (χ2v) is 6.71. The van der Waals surface area contributed by atoms with Crippen LogP contribution in [-0.2, 0) is 11.3 Å². The van der Waals surface area contributed by atoms with E-state index in [1.165, 1.54) is 5.56 Å². The molecule has 1 unspecified atom stereocenters. The summed E-state index contributed by atoms with van der Waals surface area (Å²) in [7, 11) is 1.71. The van der Waals surface area contributed by atoms with Crippen molar-refractivity contribution in [2.45, 2.75) is 37.1 Å². The van der Waals surface area contributed by atoms with Crippen LogP contribution in [0.1, 0.15) is 31.2 Å². The third-order valence-electron chi connectivity index (χ3n) is 4.22. The van der Waals surface area contributed by atoms with E-state index >= 15 is 0 Å². The average molecular weight is 323 g/mol. The van der Waals surface area contributed by atoms with Crippen molar-refractivity contribution in [3.63, 3.8) is 0 Å². The maximum absolute atomic E-state index is 10.7. The summed E-state index contributed by atoms with van der Waals surface area (Å²) in [5, 5.41) is 8.82. The van der Waals surface area contributed by atoms with Gasteiger partial charge in [0.25, 0.3) is 0 Å². The molecule has 122 valence electrons. The number of rotatable bonds is 7. The summed E-state index contributed by atoms with van der Waals surface area (Å²) >= 11 is 1.69. The molecule has 1 aliphatic rings. The van der Waals surface area contributed by atoms with E-state index in [1.807, 2.05) is 0 Å². The van der Waals surface area contributed by atoms with E-state index in [0.717, 1.165) is 49.5 Å². The van der Waals surface area contributed by atoms with Crippen LogP contribution in [0.15, 0.2) is 23.1 Å². The fraction of sp³-hybridized carbons (Fsp3) is 0.588. The molecule has 1 saturated heterocycles. The van der Waals surface area contributed by atoms with E-state index in [1.54, 1.807) is 18.9 Å². The molecule has 0 aromatic heterocycles. The summed E-state index contributed by atoms with van der Waals surface area (Å²) in [5.74, 6) is 0.760. The van der Waals surface area contributed by atoms with E-state index in [4.69, 9.17) is 9.84 Å². The first kappa shape index (κ1) is 17.2. The topological polar surface area (TPSA) is 49.8 Å². The van der Waals surface area contributed by atoms with Gasteiger partial charge in [-0.3, -0.25) is 9.69 Å². The largest absolute Gasteiger partial charge is 0.496 e. The zero-order valence-corrected chi connectivity index (χ0v) is 14.2. The highest BCUT2D eigenvalue weighted by Crippen LogP contribution is 2.29. The van der Waals surface area contributed by atoms with E-state index in [9.17, 15) is 4.79 Å². The molecule has 0 bridgehead atoms. The lowest BCUT2D eigenvalue weighted by molar-refractivity contribution is -0.137. The number of methoxy groups -OCH3 is 1. The molecule has 5 heteroatoms. The fourth-order valence-corrected chi connectivity index (χ4v) is 3.64. The molecule has 0 amide bonds. The van der Waals surface area contributed by atoms with Gasteiger partial charge in [0.05, 0.1) is 7.11 Å². The van der Waals surface area contributed by atoms with Crippen LogP contribution >= 0.6 is 11.8 Å². The van der Waals surface area contributed by atoms with Gasteiger partial charge in [-0.15, -0.1) is 11.8 Å². The molecule has 2 rings (SSSR count). The number of thioether (sulfide) groups is 1. The van der Waals surface area contributed by atoms with Crippen LogP contribution in [0.25, 0.3) is 0 Å². The van der Waals surface area contributed by atoms with Gasteiger partial charge in [0, 0.05) is 24.4 Å². The van der Waals surface area contributed by atoms with Crippen molar-refractivity contribution in [2.75, 3.05) is 26.5 Å². The Kier molecular flexibility index (Phi) is 6.58. The number of carboxylic acids is 1. The van der Waals surface area contributed by atoms with Crippen LogP contribution in [-0.4, -0.2) is 42.4 Å². The molecular formula is C17H25NO3S. The van der Waals surface area contributed by atoms with Crippen molar-refractivity contribution in [2.24, 2.45) is 5.92 Å². The first-order valence-electron chi connectivity index (χ1n) is 7.77. The lowest BCUT2D eigenvalue weighted by atomic mass is 9.93. The van der Waals surface area contributed by atoms with Gasteiger partial charge in [-0.05, 0) is 55.7 Å². The number of hydrogen-bond acceptors (Lipinski definition) is 4. The molecule has 0 saturated carbocycles. The van der Waals surface area contributed by atoms with Crippen LogP contribution in [0.2, 0.25) is 0 Å². The second-order valence-electron chi connectivity index (χ2n) is 5.87. The number of likely N-dealkylation sites (tertiary alicyclic amines) is 1. The minimum absolute atomic E-state index is 0.286. The van der Waals surface area contributed by atoms with E-state index < -0.39 is 5.97 Å². The molecule has 1 atom stereocenters. The average Bonchev–Trinajstić information content (AvgIpc) is 2.53. The van der Waals surface area contributed by atoms with Gasteiger partial charge in [-0.2, -0.15) is 0 Å². The number of benzene rings is 1. The van der Waals surface area contributed by atoms with Crippen molar-refractivity contribution >= 4 is 17.7 Å². The van der Waals surface area contributed by atoms with Crippen molar-refractivity contribution in [1.29, 1.82) is 0 Å². The van der Waals surface area contributed by atoms with Gasteiger partial charge in [0.2, 0.25) is 0 Å². The molecule has 22 heavy (non-hydrogen) atoms. The van der Waals surface area contributed by atoms with Gasteiger partial charge in [-0.25, -0.2) is 0 Å². The number of carboxylic acid groups (broad SMARTS) is 1. The molecule has 1 aromatic rings. The Hall–Kier alpha value is -1.20. The first-order chi connectivity index (χ1) is 10.6. The quantitative estimate of drug-likeness (QED) is 0.778. The monoisotopic (exact) mass is 323 g/mol. The summed E-state index contributed by atoms with van der Waals surface area (Å²) in [5.41, 5.74) is 1.26. The zero-order valence-electron chi connectivity index (χ0n) is 13.4. The SMILES string of the molecule is COc1cc(CN2CCCC(CCC(=O)O)C2)ccc1SC. The molecule has 0 aliphatic carbocycles. The molecule has 1 heterocycles. The molecule has 1 aromatic carbocycles. The van der Waals surface area contributed by atoms with Gasteiger partial charge < -0.3 is 9.84 Å². The third kappa shape index (κ3) is 4.92.